The van der Waals surface area contributed by atoms with Gasteiger partial charge in [-0.1, -0.05) is 6.08 Å². The lowest BCUT2D eigenvalue weighted by molar-refractivity contribution is -0.116. The topological polar surface area (TPSA) is 75.6 Å². The number of aromatic nitrogens is 4. The number of benzene rings is 1. The summed E-state index contributed by atoms with van der Waals surface area (Å²) in [6.45, 7) is 6.39. The number of H-pyrrole nitrogens is 1. The molecule has 3 aromatic rings. The van der Waals surface area contributed by atoms with E-state index in [2.05, 4.69) is 33.3 Å². The zero-order valence-electron chi connectivity index (χ0n) is 12.8. The van der Waals surface area contributed by atoms with Crippen molar-refractivity contribution in [3.63, 3.8) is 0 Å². The molecule has 0 aliphatic carbocycles. The number of carbonyl (C=O) groups is 1. The first-order valence-electron chi connectivity index (χ1n) is 7.57. The number of anilines is 1. The molecule has 116 valence electrons. The van der Waals surface area contributed by atoms with Crippen LogP contribution >= 0.6 is 0 Å². The van der Waals surface area contributed by atoms with E-state index < -0.39 is 0 Å². The van der Waals surface area contributed by atoms with Crippen molar-refractivity contribution in [3.05, 3.63) is 54.0 Å². The molecular formula is C17H17N5O. The predicted molar refractivity (Wildman–Crippen MR) is 88.3 cm³/mol. The van der Waals surface area contributed by atoms with Crippen LogP contribution < -0.4 is 5.32 Å². The molecule has 2 aromatic heterocycles. The Bertz CT molecular complexity index is 920. The van der Waals surface area contributed by atoms with Gasteiger partial charge in [0.1, 0.15) is 0 Å². The maximum atomic E-state index is 12.1. The van der Waals surface area contributed by atoms with Gasteiger partial charge in [0.2, 0.25) is 5.91 Å². The minimum Gasteiger partial charge on any atom is -0.326 e. The van der Waals surface area contributed by atoms with Crippen LogP contribution in [0.25, 0.3) is 10.9 Å². The smallest absolute Gasteiger partial charge is 0.225 e. The summed E-state index contributed by atoms with van der Waals surface area (Å²) < 4.78 is 1.86. The summed E-state index contributed by atoms with van der Waals surface area (Å²) in [6.07, 6.45) is 6.06. The number of carbonyl (C=O) groups excluding carboxylic acids is 1. The van der Waals surface area contributed by atoms with Crippen LogP contribution in [-0.4, -0.2) is 25.9 Å². The third kappa shape index (κ3) is 2.23. The number of aryl methyl sites for hydroxylation is 1. The Morgan fingerprint density at radius 3 is 3.13 bits per heavy atom. The van der Waals surface area contributed by atoms with E-state index in [0.29, 0.717) is 13.0 Å². The SMILES string of the molecule is C=CCn1cc([C@@H]2CC(=O)Nc3cc4[nH]ncc4cc32)c(C)n1. The fourth-order valence-corrected chi connectivity index (χ4v) is 3.28. The van der Waals surface area contributed by atoms with Crippen LogP contribution in [0.4, 0.5) is 5.69 Å². The van der Waals surface area contributed by atoms with E-state index in [1.807, 2.05) is 29.9 Å². The number of hydrogen-bond donors (Lipinski definition) is 2. The van der Waals surface area contributed by atoms with Gasteiger partial charge >= 0.3 is 0 Å². The fraction of sp³-hybridized carbons (Fsp3) is 0.235. The highest BCUT2D eigenvalue weighted by molar-refractivity contribution is 5.98. The summed E-state index contributed by atoms with van der Waals surface area (Å²) >= 11 is 0. The molecule has 0 bridgehead atoms. The maximum absolute atomic E-state index is 12.1. The standard InChI is InChI=1S/C17H17N5O/c1-3-4-22-9-14(10(2)21-22)12-6-17(23)19-16-7-15-11(5-13(12)16)8-18-20-15/h3,5,7-9,12H,1,4,6H2,2H3,(H,18,20)(H,19,23)/t12-/m1/s1. The lowest BCUT2D eigenvalue weighted by Gasteiger charge is -2.25. The van der Waals surface area contributed by atoms with E-state index >= 15 is 0 Å². The minimum absolute atomic E-state index is 0.0108. The summed E-state index contributed by atoms with van der Waals surface area (Å²) in [5.74, 6) is 0.0360. The van der Waals surface area contributed by atoms with Crippen LogP contribution in [0.1, 0.15) is 29.2 Å². The number of aromatic amines is 1. The Labute approximate surface area is 133 Å². The van der Waals surface area contributed by atoms with Gasteiger partial charge in [-0.2, -0.15) is 10.2 Å². The van der Waals surface area contributed by atoms with Crippen molar-refractivity contribution in [2.24, 2.45) is 0 Å². The first kappa shape index (κ1) is 13.8. The fourth-order valence-electron chi connectivity index (χ4n) is 3.28. The van der Waals surface area contributed by atoms with Gasteiger partial charge < -0.3 is 5.32 Å². The number of nitrogens with zero attached hydrogens (tertiary/aromatic N) is 3. The lowest BCUT2D eigenvalue weighted by atomic mass is 9.84. The highest BCUT2D eigenvalue weighted by atomic mass is 16.1. The molecule has 0 spiro atoms. The lowest BCUT2D eigenvalue weighted by Crippen LogP contribution is -2.23. The molecule has 23 heavy (non-hydrogen) atoms. The van der Waals surface area contributed by atoms with Crippen LogP contribution in [0.3, 0.4) is 0 Å². The summed E-state index contributed by atoms with van der Waals surface area (Å²) in [4.78, 5) is 12.1. The molecule has 0 unspecified atom stereocenters. The number of fused-ring (bicyclic) bond motifs is 2. The summed E-state index contributed by atoms with van der Waals surface area (Å²) in [5.41, 5.74) is 4.91. The predicted octanol–water partition coefficient (Wildman–Crippen LogP) is 2.73. The number of amides is 1. The van der Waals surface area contributed by atoms with Crippen molar-refractivity contribution in [2.75, 3.05) is 5.32 Å². The summed E-state index contributed by atoms with van der Waals surface area (Å²) in [7, 11) is 0. The molecule has 4 rings (SSSR count). The van der Waals surface area contributed by atoms with Crippen LogP contribution in [0.15, 0.2) is 37.2 Å². The third-order valence-corrected chi connectivity index (χ3v) is 4.33. The van der Waals surface area contributed by atoms with Gasteiger partial charge in [0.15, 0.2) is 0 Å². The quantitative estimate of drug-likeness (QED) is 0.731. The largest absolute Gasteiger partial charge is 0.326 e. The summed E-state index contributed by atoms with van der Waals surface area (Å²) in [6, 6.07) is 4.05. The zero-order valence-corrected chi connectivity index (χ0v) is 12.8. The molecule has 1 aliphatic heterocycles. The molecule has 1 aromatic carbocycles. The first-order chi connectivity index (χ1) is 11.2. The highest BCUT2D eigenvalue weighted by Crippen LogP contribution is 2.39. The molecule has 6 heteroatoms. The molecule has 0 radical (unpaired) electrons. The first-order valence-corrected chi connectivity index (χ1v) is 7.57. The zero-order chi connectivity index (χ0) is 16.0. The Morgan fingerprint density at radius 2 is 2.30 bits per heavy atom. The number of rotatable bonds is 3. The highest BCUT2D eigenvalue weighted by Gasteiger charge is 2.29. The number of nitrogens with one attached hydrogen (secondary N) is 2. The van der Waals surface area contributed by atoms with Crippen molar-refractivity contribution in [3.8, 4) is 0 Å². The van der Waals surface area contributed by atoms with Gasteiger partial charge in [-0.3, -0.25) is 14.6 Å². The van der Waals surface area contributed by atoms with Gasteiger partial charge in [0.05, 0.1) is 24.0 Å². The normalized spacial score (nSPS) is 17.1. The van der Waals surface area contributed by atoms with Crippen LogP contribution in [0.2, 0.25) is 0 Å². The van der Waals surface area contributed by atoms with Crippen molar-refractivity contribution < 1.29 is 4.79 Å². The van der Waals surface area contributed by atoms with Crippen LogP contribution in [0, 0.1) is 6.92 Å². The summed E-state index contributed by atoms with van der Waals surface area (Å²) in [5, 5.41) is 15.5. The van der Waals surface area contributed by atoms with E-state index in [4.69, 9.17) is 0 Å². The van der Waals surface area contributed by atoms with Crippen molar-refractivity contribution in [1.82, 2.24) is 20.0 Å². The third-order valence-electron chi connectivity index (χ3n) is 4.33. The van der Waals surface area contributed by atoms with Gasteiger partial charge in [-0.25, -0.2) is 0 Å². The molecular weight excluding hydrogens is 290 g/mol. The van der Waals surface area contributed by atoms with Crippen LogP contribution in [-0.2, 0) is 11.3 Å². The van der Waals surface area contributed by atoms with Crippen molar-refractivity contribution in [2.45, 2.75) is 25.8 Å². The van der Waals surface area contributed by atoms with Gasteiger partial charge in [0, 0.05) is 35.2 Å². The van der Waals surface area contributed by atoms with Gasteiger partial charge in [-0.05, 0) is 24.6 Å². The van der Waals surface area contributed by atoms with Crippen molar-refractivity contribution in [1.29, 1.82) is 0 Å². The second-order valence-electron chi connectivity index (χ2n) is 5.88. The molecule has 3 heterocycles. The van der Waals surface area contributed by atoms with Crippen molar-refractivity contribution >= 4 is 22.5 Å². The van der Waals surface area contributed by atoms with E-state index in [1.54, 1.807) is 6.20 Å². The molecule has 0 saturated carbocycles. The van der Waals surface area contributed by atoms with Gasteiger partial charge in [0.25, 0.3) is 0 Å². The molecule has 1 atom stereocenters. The number of allylic oxidation sites excluding steroid dienone is 1. The second-order valence-corrected chi connectivity index (χ2v) is 5.88. The Morgan fingerprint density at radius 1 is 1.43 bits per heavy atom. The molecule has 0 fully saturated rings. The second kappa shape index (κ2) is 5.08. The molecule has 1 amide bonds. The maximum Gasteiger partial charge on any atom is 0.225 e. The molecule has 0 saturated heterocycles. The molecule has 1 aliphatic rings. The molecule has 2 N–H and O–H groups in total. The Hall–Kier alpha value is -2.89. The van der Waals surface area contributed by atoms with E-state index in [1.165, 1.54) is 0 Å². The van der Waals surface area contributed by atoms with Crippen LogP contribution in [0.5, 0.6) is 0 Å². The minimum atomic E-state index is 0.0108. The van der Waals surface area contributed by atoms with E-state index in [-0.39, 0.29) is 11.8 Å². The average molecular weight is 307 g/mol. The van der Waals surface area contributed by atoms with E-state index in [0.717, 1.165) is 33.4 Å². The average Bonchev–Trinajstić information content (AvgIpc) is 3.10. The van der Waals surface area contributed by atoms with E-state index in [9.17, 15) is 4.79 Å². The Kier molecular flexibility index (Phi) is 3.04. The number of hydrogen-bond acceptors (Lipinski definition) is 3. The monoisotopic (exact) mass is 307 g/mol. The molecule has 6 nitrogen and oxygen atoms in total. The Balaban J connectivity index is 1.86. The van der Waals surface area contributed by atoms with Gasteiger partial charge in [-0.15, -0.1) is 6.58 Å².